The molecule has 7 atom stereocenters. The lowest BCUT2D eigenvalue weighted by Gasteiger charge is -2.23. The van der Waals surface area contributed by atoms with Crippen molar-refractivity contribution >= 4 is 11.9 Å². The van der Waals surface area contributed by atoms with E-state index in [1.807, 2.05) is 41.5 Å². The summed E-state index contributed by atoms with van der Waals surface area (Å²) in [4.78, 5) is 23.0. The van der Waals surface area contributed by atoms with Crippen molar-refractivity contribution in [2.75, 3.05) is 46.2 Å². The van der Waals surface area contributed by atoms with Crippen LogP contribution in [0.5, 0.6) is 0 Å². The van der Waals surface area contributed by atoms with Crippen molar-refractivity contribution in [1.29, 1.82) is 0 Å². The molecule has 0 fully saturated rings. The van der Waals surface area contributed by atoms with Gasteiger partial charge in [0, 0.05) is 11.1 Å². The summed E-state index contributed by atoms with van der Waals surface area (Å²) in [5, 5.41) is 0. The van der Waals surface area contributed by atoms with Crippen LogP contribution < -0.4 is 0 Å². The summed E-state index contributed by atoms with van der Waals surface area (Å²) >= 11 is 0. The van der Waals surface area contributed by atoms with Crippen molar-refractivity contribution < 1.29 is 47.5 Å². The highest BCUT2D eigenvalue weighted by atomic mass is 16.6. The van der Waals surface area contributed by atoms with Gasteiger partial charge in [0.1, 0.15) is 12.7 Å². The van der Waals surface area contributed by atoms with Gasteiger partial charge < -0.3 is 37.9 Å². The zero-order valence-electron chi connectivity index (χ0n) is 25.5. The number of rotatable bonds is 23. The minimum atomic E-state index is -0.424. The summed E-state index contributed by atoms with van der Waals surface area (Å²) < 4.78 is 44.9. The molecule has 10 heteroatoms. The maximum atomic E-state index is 11.5. The first-order chi connectivity index (χ1) is 18.2. The summed E-state index contributed by atoms with van der Waals surface area (Å²) in [5.41, 5.74) is 0.719. The van der Waals surface area contributed by atoms with Crippen LogP contribution in [0.4, 0.5) is 0 Å². The molecule has 39 heavy (non-hydrogen) atoms. The lowest BCUT2D eigenvalue weighted by molar-refractivity contribution is -0.148. The van der Waals surface area contributed by atoms with E-state index in [2.05, 4.69) is 13.2 Å². The molecule has 0 aromatic rings. The second-order valence-corrected chi connectivity index (χ2v) is 10.2. The molecule has 0 amide bonds. The predicted octanol–water partition coefficient (Wildman–Crippen LogP) is 4.04. The first-order valence-corrected chi connectivity index (χ1v) is 13.6. The molecule has 0 aliphatic heterocycles. The van der Waals surface area contributed by atoms with Crippen molar-refractivity contribution in [3.63, 3.8) is 0 Å². The predicted molar refractivity (Wildman–Crippen MR) is 149 cm³/mol. The summed E-state index contributed by atoms with van der Waals surface area (Å²) in [6.45, 7) is 26.0. The highest BCUT2D eigenvalue weighted by Crippen LogP contribution is 2.06. The van der Waals surface area contributed by atoms with E-state index < -0.39 is 11.9 Å². The van der Waals surface area contributed by atoms with E-state index >= 15 is 0 Å². The third-order valence-electron chi connectivity index (χ3n) is 5.15. The average molecular weight is 561 g/mol. The van der Waals surface area contributed by atoms with Gasteiger partial charge in [-0.15, -0.1) is 0 Å². The van der Waals surface area contributed by atoms with Crippen LogP contribution in [0.2, 0.25) is 0 Å². The molecule has 0 rings (SSSR count). The Morgan fingerprint density at radius 3 is 1.00 bits per heavy atom. The van der Waals surface area contributed by atoms with Gasteiger partial charge in [0.2, 0.25) is 0 Å². The van der Waals surface area contributed by atoms with E-state index in [1.165, 1.54) is 0 Å². The Balaban J connectivity index is 3.94. The van der Waals surface area contributed by atoms with Gasteiger partial charge in [0.15, 0.2) is 0 Å². The molecule has 0 spiro atoms. The molecular weight excluding hydrogens is 508 g/mol. The van der Waals surface area contributed by atoms with Crippen molar-refractivity contribution in [3.8, 4) is 0 Å². The fourth-order valence-electron chi connectivity index (χ4n) is 2.72. The van der Waals surface area contributed by atoms with Gasteiger partial charge in [-0.3, -0.25) is 0 Å². The Morgan fingerprint density at radius 1 is 0.462 bits per heavy atom. The molecular formula is C29H52O10. The van der Waals surface area contributed by atoms with Gasteiger partial charge in [-0.25, -0.2) is 9.59 Å². The number of hydrogen-bond acceptors (Lipinski definition) is 10. The van der Waals surface area contributed by atoms with Gasteiger partial charge in [0.05, 0.1) is 76.3 Å². The molecule has 0 radical (unpaired) electrons. The lowest BCUT2D eigenvalue weighted by atomic mass is 10.3. The normalized spacial score (nSPS) is 16.8. The molecule has 0 bridgehead atoms. The molecule has 0 saturated carbocycles. The molecule has 0 aromatic carbocycles. The third kappa shape index (κ3) is 20.7. The maximum Gasteiger partial charge on any atom is 0.333 e. The van der Waals surface area contributed by atoms with Gasteiger partial charge >= 0.3 is 11.9 Å². The molecule has 0 N–H and O–H groups in total. The first-order valence-electron chi connectivity index (χ1n) is 13.6. The number of carbonyl (C=O) groups is 2. The summed E-state index contributed by atoms with van der Waals surface area (Å²) in [6, 6.07) is 0. The fourth-order valence-corrected chi connectivity index (χ4v) is 2.72. The van der Waals surface area contributed by atoms with Crippen molar-refractivity contribution in [2.24, 2.45) is 0 Å². The van der Waals surface area contributed by atoms with Crippen LogP contribution in [-0.2, 0) is 47.5 Å². The van der Waals surface area contributed by atoms with E-state index in [-0.39, 0.29) is 55.9 Å². The largest absolute Gasteiger partial charge is 0.460 e. The molecule has 0 aliphatic rings. The topological polar surface area (TPSA) is 108 Å². The second kappa shape index (κ2) is 21.0. The lowest BCUT2D eigenvalue weighted by Crippen LogP contribution is -2.30. The average Bonchev–Trinajstić information content (AvgIpc) is 2.88. The van der Waals surface area contributed by atoms with Gasteiger partial charge in [-0.2, -0.15) is 0 Å². The SMILES string of the molecule is C=C(C)C(=O)OCC(C)OCC(C)OCC(C)OCC(C)OCC(C)OCC(C)OCC(C)OC(=O)C(=C)C. The second-order valence-electron chi connectivity index (χ2n) is 10.2. The molecule has 0 saturated heterocycles. The van der Waals surface area contributed by atoms with Crippen LogP contribution in [-0.4, -0.2) is 101 Å². The van der Waals surface area contributed by atoms with Crippen LogP contribution >= 0.6 is 0 Å². The molecule has 0 aliphatic carbocycles. The van der Waals surface area contributed by atoms with E-state index in [0.717, 1.165) is 0 Å². The Bertz CT molecular complexity index is 725. The zero-order chi connectivity index (χ0) is 30.0. The zero-order valence-corrected chi connectivity index (χ0v) is 25.5. The number of hydrogen-bond donors (Lipinski definition) is 0. The molecule has 0 heterocycles. The smallest absolute Gasteiger partial charge is 0.333 e. The van der Waals surface area contributed by atoms with Gasteiger partial charge in [-0.1, -0.05) is 13.2 Å². The molecule has 0 aromatic heterocycles. The number of esters is 2. The monoisotopic (exact) mass is 560 g/mol. The van der Waals surface area contributed by atoms with Gasteiger partial charge in [-0.05, 0) is 62.3 Å². The molecule has 10 nitrogen and oxygen atoms in total. The quantitative estimate of drug-likeness (QED) is 0.134. The molecule has 7 unspecified atom stereocenters. The number of carbonyl (C=O) groups excluding carboxylic acids is 2. The highest BCUT2D eigenvalue weighted by molar-refractivity contribution is 5.87. The van der Waals surface area contributed by atoms with E-state index in [1.54, 1.807) is 20.8 Å². The van der Waals surface area contributed by atoms with Crippen LogP contribution in [0.15, 0.2) is 24.3 Å². The van der Waals surface area contributed by atoms with E-state index in [0.29, 0.717) is 44.2 Å². The summed E-state index contributed by atoms with van der Waals surface area (Å²) in [7, 11) is 0. The maximum absolute atomic E-state index is 11.5. The van der Waals surface area contributed by atoms with Crippen LogP contribution in [0, 0.1) is 0 Å². The first kappa shape index (κ1) is 37.2. The minimum Gasteiger partial charge on any atom is -0.460 e. The summed E-state index contributed by atoms with van der Waals surface area (Å²) in [6.07, 6.45) is -1.24. The molecule has 228 valence electrons. The highest BCUT2D eigenvalue weighted by Gasteiger charge is 2.15. The van der Waals surface area contributed by atoms with Crippen molar-refractivity contribution in [3.05, 3.63) is 24.3 Å². The minimum absolute atomic E-state index is 0.112. The third-order valence-corrected chi connectivity index (χ3v) is 5.15. The van der Waals surface area contributed by atoms with E-state index in [9.17, 15) is 9.59 Å². The fraction of sp³-hybridized carbons (Fsp3) is 0.793. The van der Waals surface area contributed by atoms with Crippen molar-refractivity contribution in [1.82, 2.24) is 0 Å². The number of ether oxygens (including phenoxy) is 8. The van der Waals surface area contributed by atoms with Gasteiger partial charge in [0.25, 0.3) is 0 Å². The Morgan fingerprint density at radius 2 is 0.718 bits per heavy atom. The Kier molecular flexibility index (Phi) is 20.0. The van der Waals surface area contributed by atoms with Crippen molar-refractivity contribution in [2.45, 2.75) is 105 Å². The van der Waals surface area contributed by atoms with Crippen LogP contribution in [0.3, 0.4) is 0 Å². The van der Waals surface area contributed by atoms with Crippen LogP contribution in [0.25, 0.3) is 0 Å². The Hall–Kier alpha value is -1.82. The summed E-state index contributed by atoms with van der Waals surface area (Å²) in [5.74, 6) is -0.848. The van der Waals surface area contributed by atoms with E-state index in [4.69, 9.17) is 37.9 Å². The standard InChI is InChI=1S/C29H52O10/c1-19(2)28(30)38-17-26(10)36-15-24(8)34-13-22(6)32-12-21(5)33-14-23(7)35-16-25(9)37-18-27(11)39-29(31)20(3)4/h21-27H,1,3,12-18H2,2,4-11H3. The Labute approximate surface area is 235 Å². The van der Waals surface area contributed by atoms with Crippen LogP contribution in [0.1, 0.15) is 62.3 Å².